The highest BCUT2D eigenvalue weighted by Gasteiger charge is 2.12. The Morgan fingerprint density at radius 3 is 2.10 bits per heavy atom. The van der Waals surface area contributed by atoms with Crippen molar-refractivity contribution in [1.29, 1.82) is 0 Å². The highest BCUT2D eigenvalue weighted by Crippen LogP contribution is 2.29. The lowest BCUT2D eigenvalue weighted by Crippen LogP contribution is -2.13. The van der Waals surface area contributed by atoms with Crippen LogP contribution >= 0.6 is 0 Å². The van der Waals surface area contributed by atoms with Gasteiger partial charge in [-0.2, -0.15) is 0 Å². The summed E-state index contributed by atoms with van der Waals surface area (Å²) in [7, 11) is 4.66. The second kappa shape index (κ2) is 8.92. The fourth-order valence-corrected chi connectivity index (χ4v) is 2.69. The molecule has 0 spiro atoms. The van der Waals surface area contributed by atoms with Crippen LogP contribution in [0.15, 0.2) is 48.5 Å². The van der Waals surface area contributed by atoms with Crippen LogP contribution in [0.3, 0.4) is 0 Å². The Balaban J connectivity index is 1.71. The molecule has 0 bridgehead atoms. The van der Waals surface area contributed by atoms with Gasteiger partial charge < -0.3 is 24.8 Å². The lowest BCUT2D eigenvalue weighted by atomic mass is 10.2. The van der Waals surface area contributed by atoms with Gasteiger partial charge in [0, 0.05) is 5.56 Å². The fourth-order valence-electron chi connectivity index (χ4n) is 2.69. The van der Waals surface area contributed by atoms with Gasteiger partial charge in [-0.15, -0.1) is 10.2 Å². The van der Waals surface area contributed by atoms with Gasteiger partial charge in [-0.1, -0.05) is 6.07 Å². The number of rotatable bonds is 7. The Labute approximate surface area is 168 Å². The van der Waals surface area contributed by atoms with E-state index in [0.717, 1.165) is 11.3 Å². The molecule has 0 atom stereocenters. The van der Waals surface area contributed by atoms with Crippen LogP contribution in [0, 0.1) is 6.92 Å². The zero-order chi connectivity index (χ0) is 20.8. The second-order valence-electron chi connectivity index (χ2n) is 6.16. The van der Waals surface area contributed by atoms with Crippen LogP contribution in [0.25, 0.3) is 0 Å². The third kappa shape index (κ3) is 4.73. The zero-order valence-corrected chi connectivity index (χ0v) is 16.6. The minimum Gasteiger partial charge on any atom is -0.495 e. The van der Waals surface area contributed by atoms with E-state index in [0.29, 0.717) is 34.4 Å². The fraction of sp³-hybridized carbons (Fsp3) is 0.190. The first-order chi connectivity index (χ1) is 14.0. The van der Waals surface area contributed by atoms with E-state index >= 15 is 0 Å². The predicted octanol–water partition coefficient (Wildman–Crippen LogP) is 3.81. The maximum absolute atomic E-state index is 12.5. The summed E-state index contributed by atoms with van der Waals surface area (Å²) in [6.45, 7) is 1.99. The van der Waals surface area contributed by atoms with Crippen molar-refractivity contribution in [3.8, 4) is 17.2 Å². The van der Waals surface area contributed by atoms with Gasteiger partial charge in [-0.25, -0.2) is 0 Å². The first-order valence-electron chi connectivity index (χ1n) is 8.83. The molecule has 0 aliphatic carbocycles. The first-order valence-corrected chi connectivity index (χ1v) is 8.83. The molecule has 2 N–H and O–H groups in total. The number of methoxy groups -OCH3 is 3. The van der Waals surface area contributed by atoms with Crippen LogP contribution in [-0.4, -0.2) is 37.4 Å². The topological polar surface area (TPSA) is 94.6 Å². The number of hydrogen-bond acceptors (Lipinski definition) is 7. The molecule has 150 valence electrons. The van der Waals surface area contributed by atoms with Crippen LogP contribution in [0.5, 0.6) is 17.2 Å². The Morgan fingerprint density at radius 1 is 0.793 bits per heavy atom. The highest BCUT2D eigenvalue weighted by atomic mass is 16.5. The summed E-state index contributed by atoms with van der Waals surface area (Å²) in [5.41, 5.74) is 2.28. The molecule has 2 aromatic carbocycles. The maximum atomic E-state index is 12.5. The average Bonchev–Trinajstić information content (AvgIpc) is 2.74. The first kappa shape index (κ1) is 19.9. The van der Waals surface area contributed by atoms with Gasteiger partial charge in [0.1, 0.15) is 5.75 Å². The SMILES string of the molecule is COc1ccc(C)cc1Nc1ccc(NC(=O)c2ccc(OC)c(OC)c2)nn1. The van der Waals surface area contributed by atoms with Gasteiger partial charge in [-0.05, 0) is 55.0 Å². The minimum atomic E-state index is -0.332. The van der Waals surface area contributed by atoms with E-state index < -0.39 is 0 Å². The molecule has 0 unspecified atom stereocenters. The third-order valence-electron chi connectivity index (χ3n) is 4.17. The van der Waals surface area contributed by atoms with Crippen LogP contribution in [0.4, 0.5) is 17.3 Å². The number of carbonyl (C=O) groups excluding carboxylic acids is 1. The second-order valence-corrected chi connectivity index (χ2v) is 6.16. The number of benzene rings is 2. The summed E-state index contributed by atoms with van der Waals surface area (Å²) in [5.74, 6) is 2.23. The zero-order valence-electron chi connectivity index (χ0n) is 16.6. The van der Waals surface area contributed by atoms with Crippen molar-refractivity contribution < 1.29 is 19.0 Å². The number of hydrogen-bond donors (Lipinski definition) is 2. The van der Waals surface area contributed by atoms with Gasteiger partial charge in [0.25, 0.3) is 5.91 Å². The van der Waals surface area contributed by atoms with Crippen molar-refractivity contribution >= 4 is 23.2 Å². The van der Waals surface area contributed by atoms with Gasteiger partial charge >= 0.3 is 0 Å². The van der Waals surface area contributed by atoms with Crippen molar-refractivity contribution in [1.82, 2.24) is 10.2 Å². The van der Waals surface area contributed by atoms with Crippen LogP contribution in [-0.2, 0) is 0 Å². The van der Waals surface area contributed by atoms with Crippen LogP contribution in [0.2, 0.25) is 0 Å². The number of anilines is 3. The molecule has 0 saturated heterocycles. The summed E-state index contributed by atoms with van der Waals surface area (Å²) >= 11 is 0. The van der Waals surface area contributed by atoms with Crippen molar-refractivity contribution in [3.63, 3.8) is 0 Å². The van der Waals surface area contributed by atoms with Crippen LogP contribution in [0.1, 0.15) is 15.9 Å². The summed E-state index contributed by atoms with van der Waals surface area (Å²) < 4.78 is 15.8. The summed E-state index contributed by atoms with van der Waals surface area (Å²) in [6, 6.07) is 14.1. The quantitative estimate of drug-likeness (QED) is 0.629. The van der Waals surface area contributed by atoms with E-state index in [4.69, 9.17) is 14.2 Å². The standard InChI is InChI=1S/C21H22N4O4/c1-13-5-7-16(27-2)15(11-13)22-19-9-10-20(25-24-19)23-21(26)14-6-8-17(28-3)18(12-14)29-4/h5-12H,1-4H3,(H,22,24)(H,23,25,26). The van der Waals surface area contributed by atoms with Crippen molar-refractivity contribution in [3.05, 3.63) is 59.7 Å². The number of aryl methyl sites for hydroxylation is 1. The Morgan fingerprint density at radius 2 is 1.45 bits per heavy atom. The molecule has 3 aromatic rings. The van der Waals surface area contributed by atoms with E-state index in [1.165, 1.54) is 14.2 Å². The molecule has 1 amide bonds. The molecule has 0 aliphatic heterocycles. The molecule has 8 nitrogen and oxygen atoms in total. The van der Waals surface area contributed by atoms with E-state index in [-0.39, 0.29) is 5.91 Å². The van der Waals surface area contributed by atoms with E-state index in [2.05, 4.69) is 20.8 Å². The molecular formula is C21H22N4O4. The molecule has 0 saturated carbocycles. The van der Waals surface area contributed by atoms with Gasteiger partial charge in [0.2, 0.25) is 0 Å². The molecule has 8 heteroatoms. The van der Waals surface area contributed by atoms with Crippen molar-refractivity contribution in [2.75, 3.05) is 32.0 Å². The Kier molecular flexibility index (Phi) is 6.13. The largest absolute Gasteiger partial charge is 0.495 e. The number of aromatic nitrogens is 2. The smallest absolute Gasteiger partial charge is 0.257 e. The van der Waals surface area contributed by atoms with Crippen molar-refractivity contribution in [2.24, 2.45) is 0 Å². The summed E-state index contributed by atoms with van der Waals surface area (Å²) in [5, 5.41) is 14.0. The highest BCUT2D eigenvalue weighted by molar-refractivity contribution is 6.04. The normalized spacial score (nSPS) is 10.2. The van der Waals surface area contributed by atoms with Gasteiger partial charge in [0.15, 0.2) is 23.1 Å². The number of ether oxygens (including phenoxy) is 3. The molecule has 0 fully saturated rings. The monoisotopic (exact) mass is 394 g/mol. The predicted molar refractivity (Wildman–Crippen MR) is 111 cm³/mol. The molecule has 0 radical (unpaired) electrons. The summed E-state index contributed by atoms with van der Waals surface area (Å²) in [4.78, 5) is 12.5. The lowest BCUT2D eigenvalue weighted by Gasteiger charge is -2.12. The minimum absolute atomic E-state index is 0.326. The van der Waals surface area contributed by atoms with E-state index in [1.54, 1.807) is 37.4 Å². The van der Waals surface area contributed by atoms with Crippen LogP contribution < -0.4 is 24.8 Å². The molecule has 3 rings (SSSR count). The lowest BCUT2D eigenvalue weighted by molar-refractivity contribution is 0.102. The molecule has 1 heterocycles. The van der Waals surface area contributed by atoms with E-state index in [1.807, 2.05) is 25.1 Å². The number of amides is 1. The number of nitrogens with zero attached hydrogens (tertiary/aromatic N) is 2. The number of nitrogens with one attached hydrogen (secondary N) is 2. The third-order valence-corrected chi connectivity index (χ3v) is 4.17. The Hall–Kier alpha value is -3.81. The van der Waals surface area contributed by atoms with Crippen molar-refractivity contribution in [2.45, 2.75) is 6.92 Å². The average molecular weight is 394 g/mol. The van der Waals surface area contributed by atoms with Gasteiger partial charge in [-0.3, -0.25) is 4.79 Å². The molecule has 29 heavy (non-hydrogen) atoms. The molecule has 0 aliphatic rings. The van der Waals surface area contributed by atoms with E-state index in [9.17, 15) is 4.79 Å². The van der Waals surface area contributed by atoms with Gasteiger partial charge in [0.05, 0.1) is 27.0 Å². The Bertz CT molecular complexity index is 1010. The summed E-state index contributed by atoms with van der Waals surface area (Å²) in [6.07, 6.45) is 0. The molecular weight excluding hydrogens is 372 g/mol. The maximum Gasteiger partial charge on any atom is 0.257 e. The number of carbonyl (C=O) groups is 1. The molecule has 1 aromatic heterocycles.